The van der Waals surface area contributed by atoms with Crippen LogP contribution in [0.5, 0.6) is 0 Å². The first kappa shape index (κ1) is 16.3. The molecule has 0 aliphatic heterocycles. The second-order valence-electron chi connectivity index (χ2n) is 5.32. The smallest absolute Gasteiger partial charge is 0.273 e. The monoisotopic (exact) mass is 334 g/mol. The van der Waals surface area contributed by atoms with Gasteiger partial charge in [-0.15, -0.1) is 0 Å². The third-order valence-corrected chi connectivity index (χ3v) is 3.69. The van der Waals surface area contributed by atoms with Gasteiger partial charge >= 0.3 is 0 Å². The van der Waals surface area contributed by atoms with Crippen LogP contribution in [0.3, 0.4) is 0 Å². The molecule has 124 valence electrons. The number of hydrogen-bond donors (Lipinski definition) is 1. The zero-order valence-corrected chi connectivity index (χ0v) is 13.3. The van der Waals surface area contributed by atoms with Gasteiger partial charge in [0, 0.05) is 22.8 Å². The molecular weight excluding hydrogens is 320 g/mol. The molecule has 2 aromatic carbocycles. The van der Waals surface area contributed by atoms with Gasteiger partial charge in [-0.1, -0.05) is 36.4 Å². The maximum Gasteiger partial charge on any atom is 0.273 e. The van der Waals surface area contributed by atoms with Crippen LogP contribution in [0.2, 0.25) is 0 Å². The van der Waals surface area contributed by atoms with E-state index in [2.05, 4.69) is 15.3 Å². The SMILES string of the molecule is Cc1c(C(=O)Nc2cnc(-c3ccccc3)nc2)cccc1[N+](=O)[O-]. The predicted octanol–water partition coefficient (Wildman–Crippen LogP) is 3.61. The summed E-state index contributed by atoms with van der Waals surface area (Å²) in [5.74, 6) is 0.0994. The molecule has 0 radical (unpaired) electrons. The summed E-state index contributed by atoms with van der Waals surface area (Å²) >= 11 is 0. The lowest BCUT2D eigenvalue weighted by atomic mass is 10.1. The molecular formula is C18H14N4O3. The van der Waals surface area contributed by atoms with Crippen molar-refractivity contribution in [3.63, 3.8) is 0 Å². The number of aromatic nitrogens is 2. The van der Waals surface area contributed by atoms with Crippen molar-refractivity contribution in [2.45, 2.75) is 6.92 Å². The second-order valence-corrected chi connectivity index (χ2v) is 5.32. The summed E-state index contributed by atoms with van der Waals surface area (Å²) in [5.41, 5.74) is 1.74. The minimum Gasteiger partial charge on any atom is -0.319 e. The molecule has 1 heterocycles. The normalized spacial score (nSPS) is 10.3. The van der Waals surface area contributed by atoms with Crippen molar-refractivity contribution >= 4 is 17.3 Å². The highest BCUT2D eigenvalue weighted by atomic mass is 16.6. The van der Waals surface area contributed by atoms with E-state index < -0.39 is 10.8 Å². The Morgan fingerprint density at radius 3 is 2.36 bits per heavy atom. The molecule has 0 aliphatic carbocycles. The van der Waals surface area contributed by atoms with Gasteiger partial charge in [-0.25, -0.2) is 9.97 Å². The minimum atomic E-state index is -0.510. The topological polar surface area (TPSA) is 98.0 Å². The molecule has 25 heavy (non-hydrogen) atoms. The molecule has 0 saturated carbocycles. The zero-order valence-electron chi connectivity index (χ0n) is 13.3. The Kier molecular flexibility index (Phi) is 4.47. The van der Waals surface area contributed by atoms with Gasteiger partial charge in [0.25, 0.3) is 11.6 Å². The van der Waals surface area contributed by atoms with E-state index in [9.17, 15) is 14.9 Å². The lowest BCUT2D eigenvalue weighted by molar-refractivity contribution is -0.385. The van der Waals surface area contributed by atoms with E-state index in [4.69, 9.17) is 0 Å². The van der Waals surface area contributed by atoms with Crippen LogP contribution in [0.25, 0.3) is 11.4 Å². The molecule has 3 aromatic rings. The van der Waals surface area contributed by atoms with Gasteiger partial charge in [0.05, 0.1) is 23.0 Å². The largest absolute Gasteiger partial charge is 0.319 e. The molecule has 3 rings (SSSR count). The van der Waals surface area contributed by atoms with E-state index in [1.807, 2.05) is 30.3 Å². The molecule has 1 amide bonds. The highest BCUT2D eigenvalue weighted by Crippen LogP contribution is 2.22. The highest BCUT2D eigenvalue weighted by Gasteiger charge is 2.18. The van der Waals surface area contributed by atoms with Gasteiger partial charge in [-0.05, 0) is 13.0 Å². The van der Waals surface area contributed by atoms with Crippen molar-refractivity contribution in [1.82, 2.24) is 9.97 Å². The summed E-state index contributed by atoms with van der Waals surface area (Å²) in [4.78, 5) is 31.3. The number of nitrogens with one attached hydrogen (secondary N) is 1. The molecule has 0 bridgehead atoms. The third kappa shape index (κ3) is 3.50. The fraction of sp³-hybridized carbons (Fsp3) is 0.0556. The number of anilines is 1. The van der Waals surface area contributed by atoms with Gasteiger partial charge < -0.3 is 5.32 Å². The number of nitro benzene ring substituents is 1. The number of rotatable bonds is 4. The lowest BCUT2D eigenvalue weighted by Gasteiger charge is -2.08. The number of hydrogen-bond acceptors (Lipinski definition) is 5. The number of carbonyl (C=O) groups excluding carboxylic acids is 1. The van der Waals surface area contributed by atoms with E-state index in [1.54, 1.807) is 6.92 Å². The van der Waals surface area contributed by atoms with Crippen LogP contribution in [0.1, 0.15) is 15.9 Å². The third-order valence-electron chi connectivity index (χ3n) is 3.69. The maximum absolute atomic E-state index is 12.4. The van der Waals surface area contributed by atoms with Gasteiger partial charge in [-0.2, -0.15) is 0 Å². The summed E-state index contributed by atoms with van der Waals surface area (Å²) in [6.07, 6.45) is 3.00. The van der Waals surface area contributed by atoms with Crippen molar-refractivity contribution in [3.05, 3.63) is 82.2 Å². The van der Waals surface area contributed by atoms with Crippen LogP contribution in [-0.4, -0.2) is 20.8 Å². The molecule has 0 unspecified atom stereocenters. The van der Waals surface area contributed by atoms with E-state index in [0.717, 1.165) is 5.56 Å². The van der Waals surface area contributed by atoms with E-state index >= 15 is 0 Å². The van der Waals surface area contributed by atoms with E-state index in [-0.39, 0.29) is 11.3 Å². The summed E-state index contributed by atoms with van der Waals surface area (Å²) < 4.78 is 0. The minimum absolute atomic E-state index is 0.0941. The molecule has 1 aromatic heterocycles. The number of benzene rings is 2. The maximum atomic E-state index is 12.4. The quantitative estimate of drug-likeness (QED) is 0.580. The number of amides is 1. The first-order chi connectivity index (χ1) is 12.1. The Hall–Kier alpha value is -3.61. The molecule has 0 spiro atoms. The Morgan fingerprint density at radius 2 is 1.72 bits per heavy atom. The summed E-state index contributed by atoms with van der Waals surface area (Å²) in [6.45, 7) is 1.54. The van der Waals surface area contributed by atoms with Crippen molar-refractivity contribution in [1.29, 1.82) is 0 Å². The van der Waals surface area contributed by atoms with Crippen LogP contribution in [-0.2, 0) is 0 Å². The number of nitrogens with zero attached hydrogens (tertiary/aromatic N) is 3. The predicted molar refractivity (Wildman–Crippen MR) is 93.3 cm³/mol. The average Bonchev–Trinajstić information content (AvgIpc) is 2.63. The first-order valence-corrected chi connectivity index (χ1v) is 7.49. The van der Waals surface area contributed by atoms with Crippen LogP contribution < -0.4 is 5.32 Å². The lowest BCUT2D eigenvalue weighted by Crippen LogP contribution is -2.14. The fourth-order valence-corrected chi connectivity index (χ4v) is 2.39. The van der Waals surface area contributed by atoms with Gasteiger partial charge in [0.2, 0.25) is 0 Å². The summed E-state index contributed by atoms with van der Waals surface area (Å²) in [6, 6.07) is 13.8. The highest BCUT2D eigenvalue weighted by molar-refractivity contribution is 6.05. The second kappa shape index (κ2) is 6.88. The number of carbonyl (C=O) groups is 1. The Bertz CT molecular complexity index is 925. The molecule has 0 fully saturated rings. The Balaban J connectivity index is 1.80. The van der Waals surface area contributed by atoms with Crippen LogP contribution in [0.15, 0.2) is 60.9 Å². The van der Waals surface area contributed by atoms with E-state index in [1.165, 1.54) is 30.6 Å². The molecule has 1 N–H and O–H groups in total. The van der Waals surface area contributed by atoms with Crippen LogP contribution >= 0.6 is 0 Å². The Labute approximate surface area is 143 Å². The van der Waals surface area contributed by atoms with Gasteiger partial charge in [0.1, 0.15) is 0 Å². The standard InChI is InChI=1S/C18H14N4O3/c1-12-15(8-5-9-16(12)22(24)25)18(23)21-14-10-19-17(20-11-14)13-6-3-2-4-7-13/h2-11H,1H3,(H,21,23). The van der Waals surface area contributed by atoms with Crippen molar-refractivity contribution < 1.29 is 9.72 Å². The molecule has 7 nitrogen and oxygen atoms in total. The molecule has 0 atom stereocenters. The van der Waals surface area contributed by atoms with Crippen LogP contribution in [0, 0.1) is 17.0 Å². The molecule has 0 aliphatic rings. The molecule has 0 saturated heterocycles. The zero-order chi connectivity index (χ0) is 17.8. The van der Waals surface area contributed by atoms with E-state index in [0.29, 0.717) is 17.1 Å². The molecule has 7 heteroatoms. The number of nitro groups is 1. The summed E-state index contributed by atoms with van der Waals surface area (Å²) in [7, 11) is 0. The van der Waals surface area contributed by atoms with Gasteiger partial charge in [-0.3, -0.25) is 14.9 Å². The van der Waals surface area contributed by atoms with Crippen molar-refractivity contribution in [3.8, 4) is 11.4 Å². The van der Waals surface area contributed by atoms with Crippen molar-refractivity contribution in [2.24, 2.45) is 0 Å². The first-order valence-electron chi connectivity index (χ1n) is 7.49. The van der Waals surface area contributed by atoms with Crippen LogP contribution in [0.4, 0.5) is 11.4 Å². The van der Waals surface area contributed by atoms with Gasteiger partial charge in [0.15, 0.2) is 5.82 Å². The average molecular weight is 334 g/mol. The fourth-order valence-electron chi connectivity index (χ4n) is 2.39. The Morgan fingerprint density at radius 1 is 1.04 bits per heavy atom. The van der Waals surface area contributed by atoms with Crippen molar-refractivity contribution in [2.75, 3.05) is 5.32 Å². The summed E-state index contributed by atoms with van der Waals surface area (Å²) in [5, 5.41) is 13.6.